The van der Waals surface area contributed by atoms with Crippen LogP contribution in [0.3, 0.4) is 0 Å². The van der Waals surface area contributed by atoms with Crippen molar-refractivity contribution in [3.63, 3.8) is 0 Å². The van der Waals surface area contributed by atoms with Crippen LogP contribution in [0.5, 0.6) is 0 Å². The molecule has 6 heteroatoms. The van der Waals surface area contributed by atoms with E-state index in [-0.39, 0.29) is 18.4 Å². The highest BCUT2D eigenvalue weighted by Crippen LogP contribution is 2.14. The van der Waals surface area contributed by atoms with Gasteiger partial charge in [0.05, 0.1) is 6.54 Å². The standard InChI is InChI=1S/C17H18BrN3O2/c1-21(2)17(23)12-4-3-5-15(10-12)20-16(22)11-19-14-8-6-13(18)7-9-14/h3-10,19H,11H2,1-2H3,(H,20,22). The normalized spacial score (nSPS) is 10.0. The maximum atomic E-state index is 12.0. The van der Waals surface area contributed by atoms with E-state index in [1.54, 1.807) is 38.4 Å². The second kappa shape index (κ2) is 7.78. The first-order chi connectivity index (χ1) is 11.0. The lowest BCUT2D eigenvalue weighted by Gasteiger charge is -2.12. The van der Waals surface area contributed by atoms with Crippen LogP contribution >= 0.6 is 15.9 Å². The van der Waals surface area contributed by atoms with E-state index in [2.05, 4.69) is 26.6 Å². The van der Waals surface area contributed by atoms with Crippen molar-refractivity contribution in [3.8, 4) is 0 Å². The van der Waals surface area contributed by atoms with E-state index in [1.165, 1.54) is 4.90 Å². The smallest absolute Gasteiger partial charge is 0.253 e. The van der Waals surface area contributed by atoms with Crippen molar-refractivity contribution in [1.82, 2.24) is 4.90 Å². The number of nitrogens with one attached hydrogen (secondary N) is 2. The molecule has 0 heterocycles. The fraction of sp³-hybridized carbons (Fsp3) is 0.176. The molecule has 0 bridgehead atoms. The first-order valence-corrected chi connectivity index (χ1v) is 7.86. The van der Waals surface area contributed by atoms with Crippen molar-refractivity contribution in [2.75, 3.05) is 31.3 Å². The summed E-state index contributed by atoms with van der Waals surface area (Å²) in [5.41, 5.74) is 1.99. The quantitative estimate of drug-likeness (QED) is 0.843. The molecule has 0 aliphatic heterocycles. The van der Waals surface area contributed by atoms with Crippen LogP contribution in [-0.4, -0.2) is 37.4 Å². The second-order valence-corrected chi connectivity index (χ2v) is 6.10. The third kappa shape index (κ3) is 5.10. The zero-order chi connectivity index (χ0) is 16.8. The molecule has 5 nitrogen and oxygen atoms in total. The van der Waals surface area contributed by atoms with Crippen LogP contribution in [0.25, 0.3) is 0 Å². The van der Waals surface area contributed by atoms with Gasteiger partial charge in [-0.15, -0.1) is 0 Å². The number of anilines is 2. The minimum absolute atomic E-state index is 0.103. The van der Waals surface area contributed by atoms with Gasteiger partial charge in [-0.3, -0.25) is 9.59 Å². The summed E-state index contributed by atoms with van der Waals surface area (Å²) in [4.78, 5) is 25.4. The fourth-order valence-corrected chi connectivity index (χ4v) is 2.21. The molecule has 2 N–H and O–H groups in total. The highest BCUT2D eigenvalue weighted by atomic mass is 79.9. The molecule has 0 unspecified atom stereocenters. The number of carbonyl (C=O) groups excluding carboxylic acids is 2. The molecular weight excluding hydrogens is 358 g/mol. The highest BCUT2D eigenvalue weighted by molar-refractivity contribution is 9.10. The van der Waals surface area contributed by atoms with Gasteiger partial charge in [0.2, 0.25) is 5.91 Å². The second-order valence-electron chi connectivity index (χ2n) is 5.19. The van der Waals surface area contributed by atoms with Gasteiger partial charge in [0, 0.05) is 35.5 Å². The van der Waals surface area contributed by atoms with Crippen LogP contribution in [0, 0.1) is 0 Å². The minimum atomic E-state index is -0.178. The van der Waals surface area contributed by atoms with Gasteiger partial charge in [-0.1, -0.05) is 22.0 Å². The Balaban J connectivity index is 1.93. The van der Waals surface area contributed by atoms with Crippen LogP contribution in [-0.2, 0) is 4.79 Å². The molecule has 0 aliphatic carbocycles. The summed E-state index contributed by atoms with van der Waals surface area (Å²) in [6.07, 6.45) is 0. The Hall–Kier alpha value is -2.34. The Morgan fingerprint density at radius 3 is 2.39 bits per heavy atom. The molecule has 2 aromatic rings. The largest absolute Gasteiger partial charge is 0.376 e. The first-order valence-electron chi connectivity index (χ1n) is 7.07. The number of amides is 2. The van der Waals surface area contributed by atoms with E-state index < -0.39 is 0 Å². The molecule has 0 radical (unpaired) electrons. The number of halogens is 1. The Bertz CT molecular complexity index is 699. The van der Waals surface area contributed by atoms with Crippen molar-refractivity contribution in [2.24, 2.45) is 0 Å². The number of rotatable bonds is 5. The van der Waals surface area contributed by atoms with Crippen molar-refractivity contribution in [3.05, 3.63) is 58.6 Å². The summed E-state index contributed by atoms with van der Waals surface area (Å²) in [6, 6.07) is 14.4. The lowest BCUT2D eigenvalue weighted by Crippen LogP contribution is -2.23. The van der Waals surface area contributed by atoms with E-state index in [4.69, 9.17) is 0 Å². The highest BCUT2D eigenvalue weighted by Gasteiger charge is 2.09. The minimum Gasteiger partial charge on any atom is -0.376 e. The molecule has 2 aromatic carbocycles. The van der Waals surface area contributed by atoms with Crippen LogP contribution < -0.4 is 10.6 Å². The molecule has 0 saturated carbocycles. The monoisotopic (exact) mass is 375 g/mol. The van der Waals surface area contributed by atoms with Gasteiger partial charge in [0.1, 0.15) is 0 Å². The molecule has 23 heavy (non-hydrogen) atoms. The van der Waals surface area contributed by atoms with Crippen molar-refractivity contribution in [2.45, 2.75) is 0 Å². The molecule has 2 rings (SSSR count). The van der Waals surface area contributed by atoms with Gasteiger partial charge >= 0.3 is 0 Å². The molecule has 0 saturated heterocycles. The number of hydrogen-bond donors (Lipinski definition) is 2. The third-order valence-corrected chi connectivity index (χ3v) is 3.63. The molecule has 2 amide bonds. The van der Waals surface area contributed by atoms with Crippen molar-refractivity contribution in [1.29, 1.82) is 0 Å². The van der Waals surface area contributed by atoms with Crippen molar-refractivity contribution >= 4 is 39.1 Å². The fourth-order valence-electron chi connectivity index (χ4n) is 1.94. The molecule has 0 spiro atoms. The lowest BCUT2D eigenvalue weighted by atomic mass is 10.2. The number of carbonyl (C=O) groups is 2. The molecule has 0 aliphatic rings. The van der Waals surface area contributed by atoms with E-state index in [0.717, 1.165) is 10.2 Å². The predicted octanol–water partition coefficient (Wildman–Crippen LogP) is 3.20. The van der Waals surface area contributed by atoms with Gasteiger partial charge in [-0.25, -0.2) is 0 Å². The van der Waals surface area contributed by atoms with E-state index in [9.17, 15) is 9.59 Å². The summed E-state index contributed by atoms with van der Waals surface area (Å²) >= 11 is 3.36. The maximum Gasteiger partial charge on any atom is 0.253 e. The van der Waals surface area contributed by atoms with Gasteiger partial charge in [-0.2, -0.15) is 0 Å². The third-order valence-electron chi connectivity index (χ3n) is 3.10. The summed E-state index contributed by atoms with van der Waals surface area (Å²) in [7, 11) is 3.38. The first kappa shape index (κ1) is 17.0. The van der Waals surface area contributed by atoms with Crippen LogP contribution in [0.1, 0.15) is 10.4 Å². The van der Waals surface area contributed by atoms with Crippen LogP contribution in [0.4, 0.5) is 11.4 Å². The number of nitrogens with zero attached hydrogens (tertiary/aromatic N) is 1. The summed E-state index contributed by atoms with van der Waals surface area (Å²) in [5, 5.41) is 5.82. The number of benzene rings is 2. The zero-order valence-corrected chi connectivity index (χ0v) is 14.6. The zero-order valence-electron chi connectivity index (χ0n) is 13.0. The van der Waals surface area contributed by atoms with E-state index in [1.807, 2.05) is 24.3 Å². The molecule has 0 atom stereocenters. The molecule has 120 valence electrons. The lowest BCUT2D eigenvalue weighted by molar-refractivity contribution is -0.114. The maximum absolute atomic E-state index is 12.0. The average Bonchev–Trinajstić information content (AvgIpc) is 2.53. The molecule has 0 fully saturated rings. The molecule has 0 aromatic heterocycles. The van der Waals surface area contributed by atoms with Crippen LogP contribution in [0.2, 0.25) is 0 Å². The summed E-state index contributed by atoms with van der Waals surface area (Å²) < 4.78 is 0.981. The van der Waals surface area contributed by atoms with Crippen LogP contribution in [0.15, 0.2) is 53.0 Å². The van der Waals surface area contributed by atoms with E-state index >= 15 is 0 Å². The van der Waals surface area contributed by atoms with Gasteiger partial charge in [0.15, 0.2) is 0 Å². The Labute approximate surface area is 143 Å². The van der Waals surface area contributed by atoms with Gasteiger partial charge < -0.3 is 15.5 Å². The molecular formula is C17H18BrN3O2. The predicted molar refractivity (Wildman–Crippen MR) is 95.7 cm³/mol. The Morgan fingerprint density at radius 2 is 1.74 bits per heavy atom. The van der Waals surface area contributed by atoms with Crippen molar-refractivity contribution < 1.29 is 9.59 Å². The Morgan fingerprint density at radius 1 is 1.04 bits per heavy atom. The number of hydrogen-bond acceptors (Lipinski definition) is 3. The van der Waals surface area contributed by atoms with Gasteiger partial charge in [0.25, 0.3) is 5.91 Å². The SMILES string of the molecule is CN(C)C(=O)c1cccc(NC(=O)CNc2ccc(Br)cc2)c1. The topological polar surface area (TPSA) is 61.4 Å². The summed E-state index contributed by atoms with van der Waals surface area (Å²) in [5.74, 6) is -0.281. The Kier molecular flexibility index (Phi) is 5.76. The summed E-state index contributed by atoms with van der Waals surface area (Å²) in [6.45, 7) is 0.146. The van der Waals surface area contributed by atoms with E-state index in [0.29, 0.717) is 11.3 Å². The average molecular weight is 376 g/mol. The van der Waals surface area contributed by atoms with Gasteiger partial charge in [-0.05, 0) is 42.5 Å².